The average Bonchev–Trinajstić information content (AvgIpc) is 2.42. The zero-order chi connectivity index (χ0) is 15.2. The Morgan fingerprint density at radius 2 is 2.05 bits per heavy atom. The number of methoxy groups -OCH3 is 2. The number of rotatable bonds is 7. The van der Waals surface area contributed by atoms with Gasteiger partial charge in [-0.3, -0.25) is 4.79 Å². The predicted molar refractivity (Wildman–Crippen MR) is 80.0 cm³/mol. The normalized spacial score (nSPS) is 11.2. The van der Waals surface area contributed by atoms with Crippen LogP contribution < -0.4 is 15.8 Å². The SMILES string of the molecule is COCCC(C)(C)CNC(=O)c1cccc(N)c1OC. The molecule has 0 radical (unpaired) electrons. The fourth-order valence-electron chi connectivity index (χ4n) is 1.84. The van der Waals surface area contributed by atoms with Gasteiger partial charge in [-0.25, -0.2) is 0 Å². The van der Waals surface area contributed by atoms with Crippen LogP contribution in [-0.4, -0.2) is 33.3 Å². The van der Waals surface area contributed by atoms with E-state index in [-0.39, 0.29) is 11.3 Å². The number of hydrogen-bond acceptors (Lipinski definition) is 4. The van der Waals surface area contributed by atoms with Crippen molar-refractivity contribution in [2.24, 2.45) is 5.41 Å². The number of anilines is 1. The first kappa shape index (κ1) is 16.3. The summed E-state index contributed by atoms with van der Waals surface area (Å²) in [5, 5.41) is 2.92. The first-order valence-corrected chi connectivity index (χ1v) is 6.61. The van der Waals surface area contributed by atoms with Crippen molar-refractivity contribution >= 4 is 11.6 Å². The van der Waals surface area contributed by atoms with Gasteiger partial charge in [0.25, 0.3) is 5.91 Å². The van der Waals surface area contributed by atoms with Gasteiger partial charge in [0, 0.05) is 20.3 Å². The first-order chi connectivity index (χ1) is 9.41. The van der Waals surface area contributed by atoms with E-state index < -0.39 is 0 Å². The molecular formula is C15H24N2O3. The molecule has 1 aromatic rings. The Hall–Kier alpha value is -1.75. The fourth-order valence-corrected chi connectivity index (χ4v) is 1.84. The van der Waals surface area contributed by atoms with E-state index in [9.17, 15) is 4.79 Å². The van der Waals surface area contributed by atoms with Crippen molar-refractivity contribution in [2.75, 3.05) is 33.1 Å². The fraction of sp³-hybridized carbons (Fsp3) is 0.533. The van der Waals surface area contributed by atoms with Gasteiger partial charge in [0.2, 0.25) is 0 Å². The smallest absolute Gasteiger partial charge is 0.255 e. The van der Waals surface area contributed by atoms with Crippen molar-refractivity contribution in [1.29, 1.82) is 0 Å². The van der Waals surface area contributed by atoms with Gasteiger partial charge in [0.15, 0.2) is 5.75 Å². The van der Waals surface area contributed by atoms with Gasteiger partial charge in [-0.05, 0) is 24.0 Å². The summed E-state index contributed by atoms with van der Waals surface area (Å²) in [6.07, 6.45) is 0.873. The molecular weight excluding hydrogens is 256 g/mol. The molecule has 1 amide bonds. The summed E-state index contributed by atoms with van der Waals surface area (Å²) in [6.45, 7) is 5.41. The second kappa shape index (κ2) is 7.14. The molecule has 0 aliphatic carbocycles. The predicted octanol–water partition coefficient (Wildman–Crippen LogP) is 2.07. The van der Waals surface area contributed by atoms with E-state index in [4.69, 9.17) is 15.2 Å². The molecule has 0 fully saturated rings. The first-order valence-electron chi connectivity index (χ1n) is 6.61. The van der Waals surface area contributed by atoms with Crippen LogP contribution in [0.25, 0.3) is 0 Å². The summed E-state index contributed by atoms with van der Waals surface area (Å²) in [7, 11) is 3.18. The molecule has 0 unspecified atom stereocenters. The van der Waals surface area contributed by atoms with E-state index in [1.54, 1.807) is 25.3 Å². The minimum Gasteiger partial charge on any atom is -0.494 e. The van der Waals surface area contributed by atoms with Crippen molar-refractivity contribution in [2.45, 2.75) is 20.3 Å². The maximum absolute atomic E-state index is 12.2. The van der Waals surface area contributed by atoms with Crippen LogP contribution in [0, 0.1) is 5.41 Å². The minimum absolute atomic E-state index is 0.0285. The number of amides is 1. The van der Waals surface area contributed by atoms with Crippen LogP contribution in [0.4, 0.5) is 5.69 Å². The van der Waals surface area contributed by atoms with Gasteiger partial charge in [0.1, 0.15) is 0 Å². The topological polar surface area (TPSA) is 73.6 Å². The highest BCUT2D eigenvalue weighted by molar-refractivity contribution is 5.98. The molecule has 0 bridgehead atoms. The highest BCUT2D eigenvalue weighted by atomic mass is 16.5. The highest BCUT2D eigenvalue weighted by Gasteiger charge is 2.20. The van der Waals surface area contributed by atoms with Crippen LogP contribution in [0.1, 0.15) is 30.6 Å². The Balaban J connectivity index is 2.70. The highest BCUT2D eigenvalue weighted by Crippen LogP contribution is 2.26. The molecule has 5 heteroatoms. The molecule has 0 heterocycles. The van der Waals surface area contributed by atoms with Crippen LogP contribution in [0.2, 0.25) is 0 Å². The molecule has 0 spiro atoms. The van der Waals surface area contributed by atoms with Crippen molar-refractivity contribution < 1.29 is 14.3 Å². The molecule has 5 nitrogen and oxygen atoms in total. The number of hydrogen-bond donors (Lipinski definition) is 2. The second-order valence-electron chi connectivity index (χ2n) is 5.52. The number of carbonyl (C=O) groups excluding carboxylic acids is 1. The third kappa shape index (κ3) is 4.42. The van der Waals surface area contributed by atoms with Crippen molar-refractivity contribution in [3.63, 3.8) is 0 Å². The van der Waals surface area contributed by atoms with Gasteiger partial charge in [-0.15, -0.1) is 0 Å². The lowest BCUT2D eigenvalue weighted by molar-refractivity contribution is 0.0918. The van der Waals surface area contributed by atoms with Gasteiger partial charge >= 0.3 is 0 Å². The van der Waals surface area contributed by atoms with Crippen LogP contribution in [0.5, 0.6) is 5.75 Å². The van der Waals surface area contributed by atoms with Crippen LogP contribution in [0.15, 0.2) is 18.2 Å². The largest absolute Gasteiger partial charge is 0.494 e. The van der Waals surface area contributed by atoms with Crippen LogP contribution >= 0.6 is 0 Å². The lowest BCUT2D eigenvalue weighted by Crippen LogP contribution is -2.34. The molecule has 0 atom stereocenters. The zero-order valence-corrected chi connectivity index (χ0v) is 12.7. The number of para-hydroxylation sites is 1. The number of benzene rings is 1. The van der Waals surface area contributed by atoms with E-state index >= 15 is 0 Å². The average molecular weight is 280 g/mol. The zero-order valence-electron chi connectivity index (χ0n) is 12.7. The number of nitrogens with one attached hydrogen (secondary N) is 1. The maximum Gasteiger partial charge on any atom is 0.255 e. The lowest BCUT2D eigenvalue weighted by Gasteiger charge is -2.24. The molecule has 0 aliphatic heterocycles. The van der Waals surface area contributed by atoms with Gasteiger partial charge < -0.3 is 20.5 Å². The third-order valence-corrected chi connectivity index (χ3v) is 3.20. The number of nitrogens with two attached hydrogens (primary N) is 1. The molecule has 0 saturated carbocycles. The molecule has 0 aromatic heterocycles. The number of nitrogen functional groups attached to an aromatic ring is 1. The molecule has 1 rings (SSSR count). The Bertz CT molecular complexity index is 458. The van der Waals surface area contributed by atoms with Crippen molar-refractivity contribution in [3.8, 4) is 5.75 Å². The quantitative estimate of drug-likeness (QED) is 0.750. The summed E-state index contributed by atoms with van der Waals surface area (Å²) in [4.78, 5) is 12.2. The maximum atomic E-state index is 12.2. The van der Waals surface area contributed by atoms with E-state index in [0.717, 1.165) is 6.42 Å². The van der Waals surface area contributed by atoms with E-state index in [2.05, 4.69) is 19.2 Å². The van der Waals surface area contributed by atoms with Gasteiger partial charge in [-0.1, -0.05) is 19.9 Å². The summed E-state index contributed by atoms with van der Waals surface area (Å²) in [6, 6.07) is 5.15. The summed E-state index contributed by atoms with van der Waals surface area (Å²) in [5.41, 5.74) is 6.68. The molecule has 1 aromatic carbocycles. The van der Waals surface area contributed by atoms with Gasteiger partial charge in [-0.2, -0.15) is 0 Å². The van der Waals surface area contributed by atoms with Crippen LogP contribution in [-0.2, 0) is 4.74 Å². The Kier molecular flexibility index (Phi) is 5.82. The summed E-state index contributed by atoms with van der Waals surface area (Å²) >= 11 is 0. The molecule has 3 N–H and O–H groups in total. The second-order valence-corrected chi connectivity index (χ2v) is 5.52. The minimum atomic E-state index is -0.181. The summed E-state index contributed by atoms with van der Waals surface area (Å²) in [5.74, 6) is 0.235. The van der Waals surface area contributed by atoms with Crippen LogP contribution in [0.3, 0.4) is 0 Å². The van der Waals surface area contributed by atoms with Crippen molar-refractivity contribution in [3.05, 3.63) is 23.8 Å². The summed E-state index contributed by atoms with van der Waals surface area (Å²) < 4.78 is 10.3. The molecule has 112 valence electrons. The van der Waals surface area contributed by atoms with E-state index in [1.165, 1.54) is 7.11 Å². The number of carbonyl (C=O) groups is 1. The Morgan fingerprint density at radius 1 is 1.35 bits per heavy atom. The Morgan fingerprint density at radius 3 is 2.65 bits per heavy atom. The lowest BCUT2D eigenvalue weighted by atomic mass is 9.89. The third-order valence-electron chi connectivity index (χ3n) is 3.20. The van der Waals surface area contributed by atoms with Gasteiger partial charge in [0.05, 0.1) is 18.4 Å². The molecule has 0 saturated heterocycles. The van der Waals surface area contributed by atoms with E-state index in [0.29, 0.717) is 30.2 Å². The van der Waals surface area contributed by atoms with Crippen molar-refractivity contribution in [1.82, 2.24) is 5.32 Å². The number of ether oxygens (including phenoxy) is 2. The Labute approximate surface area is 120 Å². The monoisotopic (exact) mass is 280 g/mol. The van der Waals surface area contributed by atoms with E-state index in [1.807, 2.05) is 0 Å². The molecule has 20 heavy (non-hydrogen) atoms. The standard InChI is InChI=1S/C15H24N2O3/c1-15(2,8-9-19-3)10-17-14(18)11-6-5-7-12(16)13(11)20-4/h5-7H,8-10,16H2,1-4H3,(H,17,18). The molecule has 0 aliphatic rings.